The van der Waals surface area contributed by atoms with Crippen LogP contribution in [0.15, 0.2) is 0 Å². The minimum absolute atomic E-state index is 0.278. The van der Waals surface area contributed by atoms with Gasteiger partial charge in [0.15, 0.2) is 0 Å². The Bertz CT molecular complexity index is 170. The van der Waals surface area contributed by atoms with Crippen LogP contribution in [-0.2, 0) is 9.53 Å². The van der Waals surface area contributed by atoms with E-state index in [0.29, 0.717) is 6.23 Å². The molecule has 0 rings (SSSR count). The Balaban J connectivity index is 4.14. The molecule has 0 saturated heterocycles. The van der Waals surface area contributed by atoms with Crippen molar-refractivity contribution in [2.24, 2.45) is 0 Å². The third-order valence-corrected chi connectivity index (χ3v) is 6.47. The second-order valence-corrected chi connectivity index (χ2v) is 9.50. The van der Waals surface area contributed by atoms with Crippen LogP contribution in [0.1, 0.15) is 20.8 Å². The molecule has 1 N–H and O–H groups in total. The third kappa shape index (κ3) is 3.36. The van der Waals surface area contributed by atoms with Crippen LogP contribution in [0.4, 0.5) is 0 Å². The second-order valence-electron chi connectivity index (χ2n) is 4.22. The Morgan fingerprint density at radius 2 is 1.92 bits per heavy atom. The number of hydrogen-bond donors (Lipinski definition) is 1. The van der Waals surface area contributed by atoms with Crippen molar-refractivity contribution in [1.82, 2.24) is 0 Å². The molecule has 0 aromatic rings. The van der Waals surface area contributed by atoms with Crippen molar-refractivity contribution in [2.75, 3.05) is 6.23 Å². The standard InChI is InChI=1S/C8H18O3Si/c1-7(9)11-6-12(4,5)8(2,3)10/h10H,6H2,1-5H3. The zero-order valence-electron chi connectivity index (χ0n) is 8.47. The number of hydrogen-bond acceptors (Lipinski definition) is 3. The molecule has 0 aromatic heterocycles. The zero-order valence-corrected chi connectivity index (χ0v) is 9.47. The molecule has 0 radical (unpaired) electrons. The van der Waals surface area contributed by atoms with Gasteiger partial charge in [-0.15, -0.1) is 0 Å². The van der Waals surface area contributed by atoms with Crippen molar-refractivity contribution in [3.05, 3.63) is 0 Å². The molecule has 0 aliphatic carbocycles. The van der Waals surface area contributed by atoms with E-state index < -0.39 is 13.3 Å². The van der Waals surface area contributed by atoms with Gasteiger partial charge in [-0.3, -0.25) is 4.79 Å². The van der Waals surface area contributed by atoms with Gasteiger partial charge in [0.1, 0.15) is 8.07 Å². The summed E-state index contributed by atoms with van der Waals surface area (Å²) in [6.45, 7) is 8.91. The van der Waals surface area contributed by atoms with Gasteiger partial charge in [0.2, 0.25) is 0 Å². The van der Waals surface area contributed by atoms with Crippen molar-refractivity contribution in [1.29, 1.82) is 0 Å². The predicted octanol–water partition coefficient (Wildman–Crippen LogP) is 1.11. The van der Waals surface area contributed by atoms with Crippen LogP contribution >= 0.6 is 0 Å². The van der Waals surface area contributed by atoms with Gasteiger partial charge in [0.05, 0.1) is 11.5 Å². The SMILES string of the molecule is CC(=O)OC[Si](C)(C)C(C)(C)O. The van der Waals surface area contributed by atoms with Crippen molar-refractivity contribution in [3.63, 3.8) is 0 Å². The number of rotatable bonds is 3. The van der Waals surface area contributed by atoms with Crippen LogP contribution in [0.25, 0.3) is 0 Å². The summed E-state index contributed by atoms with van der Waals surface area (Å²) in [7, 11) is -1.86. The normalized spacial score (nSPS) is 12.8. The van der Waals surface area contributed by atoms with Crippen LogP contribution in [0.3, 0.4) is 0 Å². The highest BCUT2D eigenvalue weighted by Crippen LogP contribution is 2.19. The smallest absolute Gasteiger partial charge is 0.302 e. The van der Waals surface area contributed by atoms with E-state index in [1.165, 1.54) is 6.92 Å². The largest absolute Gasteiger partial charge is 0.470 e. The summed E-state index contributed by atoms with van der Waals surface area (Å²) in [5.41, 5.74) is 0. The average Bonchev–Trinajstić information content (AvgIpc) is 1.81. The summed E-state index contributed by atoms with van der Waals surface area (Å²) < 4.78 is 4.90. The lowest BCUT2D eigenvalue weighted by Gasteiger charge is -2.34. The highest BCUT2D eigenvalue weighted by molar-refractivity contribution is 6.80. The number of esters is 1. The molecule has 0 unspecified atom stereocenters. The highest BCUT2D eigenvalue weighted by Gasteiger charge is 2.38. The van der Waals surface area contributed by atoms with E-state index in [2.05, 4.69) is 0 Å². The molecule has 0 saturated carbocycles. The van der Waals surface area contributed by atoms with E-state index in [1.54, 1.807) is 13.8 Å². The van der Waals surface area contributed by atoms with E-state index >= 15 is 0 Å². The monoisotopic (exact) mass is 190 g/mol. The lowest BCUT2D eigenvalue weighted by atomic mass is 10.5. The van der Waals surface area contributed by atoms with E-state index in [4.69, 9.17) is 4.74 Å². The summed E-state index contributed by atoms with van der Waals surface area (Å²) >= 11 is 0. The van der Waals surface area contributed by atoms with Crippen LogP contribution < -0.4 is 0 Å². The second kappa shape index (κ2) is 3.58. The molecule has 0 atom stereocenters. The Morgan fingerprint density at radius 3 is 2.17 bits per heavy atom. The van der Waals surface area contributed by atoms with E-state index in [9.17, 15) is 9.90 Å². The third-order valence-electron chi connectivity index (χ3n) is 2.29. The number of ether oxygens (including phenoxy) is 1. The molecule has 0 bridgehead atoms. The molecule has 0 heterocycles. The van der Waals surface area contributed by atoms with Gasteiger partial charge in [-0.25, -0.2) is 0 Å². The Morgan fingerprint density at radius 1 is 1.50 bits per heavy atom. The predicted molar refractivity (Wildman–Crippen MR) is 50.4 cm³/mol. The fourth-order valence-electron chi connectivity index (χ4n) is 0.459. The fraction of sp³-hybridized carbons (Fsp3) is 0.875. The van der Waals surface area contributed by atoms with Gasteiger partial charge < -0.3 is 9.84 Å². The zero-order chi connectivity index (χ0) is 9.99. The van der Waals surface area contributed by atoms with Gasteiger partial charge in [0.25, 0.3) is 0 Å². The lowest BCUT2D eigenvalue weighted by Crippen LogP contribution is -2.54. The van der Waals surface area contributed by atoms with E-state index in [1.807, 2.05) is 13.1 Å². The molecule has 0 aliphatic heterocycles. The Labute approximate surface area is 74.7 Å². The van der Waals surface area contributed by atoms with Gasteiger partial charge >= 0.3 is 5.97 Å². The number of carbonyl (C=O) groups is 1. The molecule has 0 spiro atoms. The van der Waals surface area contributed by atoms with Crippen LogP contribution in [0.5, 0.6) is 0 Å². The summed E-state index contributed by atoms with van der Waals surface area (Å²) in [6, 6.07) is 0. The molecule has 0 fully saturated rings. The molecule has 0 amide bonds. The molecule has 72 valence electrons. The van der Waals surface area contributed by atoms with Gasteiger partial charge in [-0.05, 0) is 13.8 Å². The van der Waals surface area contributed by atoms with Gasteiger partial charge in [-0.2, -0.15) is 0 Å². The summed E-state index contributed by atoms with van der Waals surface area (Å²) in [4.78, 5) is 10.5. The molecule has 4 heteroatoms. The number of aliphatic hydroxyl groups is 1. The highest BCUT2D eigenvalue weighted by atomic mass is 28.3. The van der Waals surface area contributed by atoms with Gasteiger partial charge in [-0.1, -0.05) is 13.1 Å². The van der Waals surface area contributed by atoms with Crippen LogP contribution in [0.2, 0.25) is 13.1 Å². The van der Waals surface area contributed by atoms with Gasteiger partial charge in [0, 0.05) is 6.92 Å². The molecule has 0 aromatic carbocycles. The van der Waals surface area contributed by atoms with Crippen LogP contribution in [-0.4, -0.2) is 30.6 Å². The first-order chi connectivity index (χ1) is 5.17. The van der Waals surface area contributed by atoms with Crippen molar-refractivity contribution in [3.8, 4) is 0 Å². The first kappa shape index (κ1) is 11.6. The summed E-state index contributed by atoms with van der Waals surface area (Å²) in [5.74, 6) is -0.278. The molecule has 0 aliphatic rings. The Hall–Kier alpha value is -0.353. The van der Waals surface area contributed by atoms with E-state index in [0.717, 1.165) is 0 Å². The number of carbonyl (C=O) groups excluding carboxylic acids is 1. The lowest BCUT2D eigenvalue weighted by molar-refractivity contribution is -0.139. The topological polar surface area (TPSA) is 46.5 Å². The minimum Gasteiger partial charge on any atom is -0.470 e. The quantitative estimate of drug-likeness (QED) is 0.535. The maximum atomic E-state index is 10.5. The first-order valence-corrected chi connectivity index (χ1v) is 7.23. The minimum atomic E-state index is -1.86. The summed E-state index contributed by atoms with van der Waals surface area (Å²) in [6.07, 6.45) is 0.381. The fourth-order valence-corrected chi connectivity index (χ4v) is 1.38. The van der Waals surface area contributed by atoms with Crippen molar-refractivity contribution >= 4 is 14.0 Å². The van der Waals surface area contributed by atoms with Crippen molar-refractivity contribution < 1.29 is 14.6 Å². The molecular weight excluding hydrogens is 172 g/mol. The molecule has 3 nitrogen and oxygen atoms in total. The van der Waals surface area contributed by atoms with Crippen molar-refractivity contribution in [2.45, 2.75) is 39.1 Å². The first-order valence-electron chi connectivity index (χ1n) is 4.02. The maximum absolute atomic E-state index is 10.5. The maximum Gasteiger partial charge on any atom is 0.302 e. The van der Waals surface area contributed by atoms with E-state index in [-0.39, 0.29) is 5.97 Å². The van der Waals surface area contributed by atoms with Crippen LogP contribution in [0, 0.1) is 0 Å². The Kier molecular flexibility index (Phi) is 3.47. The average molecular weight is 190 g/mol. The molecular formula is C8H18O3Si. The summed E-state index contributed by atoms with van der Waals surface area (Å²) in [5, 5.41) is 9.02. The molecule has 12 heavy (non-hydrogen) atoms.